The number of ether oxygens (including phenoxy) is 1. The van der Waals surface area contributed by atoms with Gasteiger partial charge in [0.2, 0.25) is 5.82 Å². The molecule has 2 unspecified atom stereocenters. The zero-order valence-electron chi connectivity index (χ0n) is 18.2. The van der Waals surface area contributed by atoms with Crippen molar-refractivity contribution in [2.75, 3.05) is 39.9 Å². The van der Waals surface area contributed by atoms with Crippen molar-refractivity contribution in [3.05, 3.63) is 51.6 Å². The number of piperazine rings is 1. The highest BCUT2D eigenvalue weighted by molar-refractivity contribution is 5.82. The van der Waals surface area contributed by atoms with Gasteiger partial charge in [0, 0.05) is 20.0 Å². The molecule has 5 rings (SSSR count). The third kappa shape index (κ3) is 3.77. The third-order valence-electron chi connectivity index (χ3n) is 7.06. The van der Waals surface area contributed by atoms with Crippen LogP contribution in [0.15, 0.2) is 29.1 Å². The highest BCUT2D eigenvalue weighted by Gasteiger charge is 2.43. The number of fused-ring (bicyclic) bond motifs is 2. The van der Waals surface area contributed by atoms with E-state index in [2.05, 4.69) is 26.6 Å². The van der Waals surface area contributed by atoms with Crippen molar-refractivity contribution < 1.29 is 14.5 Å². The van der Waals surface area contributed by atoms with Crippen molar-refractivity contribution in [2.45, 2.75) is 38.4 Å². The van der Waals surface area contributed by atoms with Gasteiger partial charge in [0.05, 0.1) is 30.8 Å². The molecule has 1 aromatic carbocycles. The van der Waals surface area contributed by atoms with Crippen LogP contribution in [0.5, 0.6) is 0 Å². The van der Waals surface area contributed by atoms with Gasteiger partial charge in [-0.3, -0.25) is 4.79 Å². The van der Waals surface area contributed by atoms with E-state index in [9.17, 15) is 4.79 Å². The van der Waals surface area contributed by atoms with E-state index in [1.807, 2.05) is 25.1 Å². The first kappa shape index (κ1) is 20.3. The van der Waals surface area contributed by atoms with Gasteiger partial charge in [0.1, 0.15) is 25.7 Å². The summed E-state index contributed by atoms with van der Waals surface area (Å²) in [5.74, 6) is 0.742. The number of aromatic nitrogens is 5. The monoisotopic (exact) mass is 425 g/mol. The van der Waals surface area contributed by atoms with Crippen LogP contribution in [0.3, 0.4) is 0 Å². The van der Waals surface area contributed by atoms with Gasteiger partial charge >= 0.3 is 0 Å². The number of pyridine rings is 1. The molecule has 31 heavy (non-hydrogen) atoms. The van der Waals surface area contributed by atoms with Crippen molar-refractivity contribution in [3.63, 3.8) is 0 Å². The maximum absolute atomic E-state index is 13.3. The fourth-order valence-corrected chi connectivity index (χ4v) is 5.47. The Labute approximate surface area is 181 Å². The van der Waals surface area contributed by atoms with E-state index in [0.29, 0.717) is 19.2 Å². The van der Waals surface area contributed by atoms with Crippen molar-refractivity contribution in [2.24, 2.45) is 0 Å². The number of aryl methyl sites for hydroxylation is 1. The highest BCUT2D eigenvalue weighted by Crippen LogP contribution is 2.20. The van der Waals surface area contributed by atoms with Crippen molar-refractivity contribution in [1.29, 1.82) is 0 Å². The predicted molar refractivity (Wildman–Crippen MR) is 115 cm³/mol. The Morgan fingerprint density at radius 2 is 2.23 bits per heavy atom. The number of H-pyrrole nitrogens is 1. The van der Waals surface area contributed by atoms with Crippen molar-refractivity contribution >= 4 is 10.9 Å². The Kier molecular flexibility index (Phi) is 5.56. The van der Waals surface area contributed by atoms with Gasteiger partial charge in [-0.05, 0) is 34.4 Å². The molecule has 0 spiro atoms. The number of nitrogens with one attached hydrogen (secondary N) is 3. The summed E-state index contributed by atoms with van der Waals surface area (Å²) in [6.45, 7) is 7.53. The molecule has 2 aliphatic rings. The van der Waals surface area contributed by atoms with Gasteiger partial charge in [-0.15, -0.1) is 5.10 Å². The molecule has 3 N–H and O–H groups in total. The lowest BCUT2D eigenvalue weighted by atomic mass is 10.00. The minimum Gasteiger partial charge on any atom is -0.383 e. The summed E-state index contributed by atoms with van der Waals surface area (Å²) in [6.07, 6.45) is 2.55. The first-order valence-corrected chi connectivity index (χ1v) is 11.2. The van der Waals surface area contributed by atoms with Gasteiger partial charge < -0.3 is 19.5 Å². The van der Waals surface area contributed by atoms with Crippen LogP contribution in [0.1, 0.15) is 35.8 Å². The lowest BCUT2D eigenvalue weighted by Crippen LogP contribution is -3.29. The number of methoxy groups -OCH3 is 1. The van der Waals surface area contributed by atoms with Gasteiger partial charge in [0.25, 0.3) is 5.56 Å². The average molecular weight is 426 g/mol. The maximum atomic E-state index is 13.3. The van der Waals surface area contributed by atoms with Crippen LogP contribution < -0.4 is 15.4 Å². The van der Waals surface area contributed by atoms with Crippen LogP contribution in [-0.4, -0.2) is 71.1 Å². The van der Waals surface area contributed by atoms with Gasteiger partial charge in [-0.25, -0.2) is 4.68 Å². The number of rotatable bonds is 6. The first-order valence-electron chi connectivity index (χ1n) is 11.2. The SMILES string of the molecule is COCCn1nnnc1[C@H](c1cc2cccc(C)c2[nH]c1=O)[NH+]1CC[NH+]2CCC[C@@H]2C1. The lowest BCUT2D eigenvalue weighted by molar-refractivity contribution is -1.03. The summed E-state index contributed by atoms with van der Waals surface area (Å²) in [4.78, 5) is 19.6. The van der Waals surface area contributed by atoms with E-state index in [4.69, 9.17) is 4.74 Å². The topological polar surface area (TPSA) is 94.6 Å². The predicted octanol–water partition coefficient (Wildman–Crippen LogP) is -1.50. The van der Waals surface area contributed by atoms with Crippen molar-refractivity contribution in [1.82, 2.24) is 25.2 Å². The quantitative estimate of drug-likeness (QED) is 0.447. The molecule has 0 saturated carbocycles. The normalized spacial score (nSPS) is 24.4. The molecule has 0 aliphatic carbocycles. The molecule has 4 heterocycles. The minimum atomic E-state index is -0.206. The fourth-order valence-electron chi connectivity index (χ4n) is 5.47. The standard InChI is InChI=1S/C22H29N7O2/c1-15-5-3-6-16-13-18(22(30)23-19(15)16)20(21-24-25-26-29(21)11-12-31-2)28-10-9-27-8-4-7-17(27)14-28/h3,5-6,13,17,20H,4,7-12,14H2,1-2H3,(H,23,30)/p+2/t17-,20+/m1/s1. The Morgan fingerprint density at radius 3 is 3.10 bits per heavy atom. The van der Waals surface area contributed by atoms with Crippen LogP contribution in [0.4, 0.5) is 0 Å². The molecule has 0 radical (unpaired) electrons. The molecule has 2 saturated heterocycles. The molecule has 9 heteroatoms. The van der Waals surface area contributed by atoms with Crippen LogP contribution in [0, 0.1) is 6.92 Å². The number of para-hydroxylation sites is 1. The highest BCUT2D eigenvalue weighted by atomic mass is 16.5. The summed E-state index contributed by atoms with van der Waals surface area (Å²) >= 11 is 0. The molecule has 3 aromatic rings. The molecule has 2 aliphatic heterocycles. The molecular weight excluding hydrogens is 394 g/mol. The Balaban J connectivity index is 1.61. The van der Waals surface area contributed by atoms with Crippen LogP contribution in [0.25, 0.3) is 10.9 Å². The van der Waals surface area contributed by atoms with E-state index in [-0.39, 0.29) is 11.6 Å². The largest absolute Gasteiger partial charge is 0.383 e. The van der Waals surface area contributed by atoms with E-state index in [0.717, 1.165) is 47.5 Å². The first-order chi connectivity index (χ1) is 15.2. The maximum Gasteiger partial charge on any atom is 0.258 e. The summed E-state index contributed by atoms with van der Waals surface area (Å²) in [5.41, 5.74) is 2.65. The summed E-state index contributed by atoms with van der Waals surface area (Å²) in [7, 11) is 1.67. The number of tetrazole rings is 1. The number of nitrogens with zero attached hydrogens (tertiary/aromatic N) is 4. The molecule has 0 amide bonds. The lowest BCUT2D eigenvalue weighted by Gasteiger charge is -2.36. The Bertz CT molecular complexity index is 1120. The smallest absolute Gasteiger partial charge is 0.258 e. The number of aromatic amines is 1. The molecule has 164 valence electrons. The number of hydrogen-bond acceptors (Lipinski definition) is 5. The fraction of sp³-hybridized carbons (Fsp3) is 0.545. The molecular formula is C22H31N7O2+2. The second-order valence-corrected chi connectivity index (χ2v) is 8.89. The van der Waals surface area contributed by atoms with E-state index in [1.165, 1.54) is 24.3 Å². The molecule has 0 bridgehead atoms. The number of benzene rings is 1. The van der Waals surface area contributed by atoms with Crippen LogP contribution in [0.2, 0.25) is 0 Å². The van der Waals surface area contributed by atoms with E-state index in [1.54, 1.807) is 16.7 Å². The number of quaternary nitrogens is 2. The minimum absolute atomic E-state index is 0.0539. The van der Waals surface area contributed by atoms with Crippen LogP contribution in [-0.2, 0) is 11.3 Å². The molecule has 4 atom stereocenters. The average Bonchev–Trinajstić information content (AvgIpc) is 3.43. The second kappa shape index (κ2) is 8.49. The van der Waals surface area contributed by atoms with E-state index < -0.39 is 0 Å². The summed E-state index contributed by atoms with van der Waals surface area (Å²) in [5, 5.41) is 13.6. The Morgan fingerprint density at radius 1 is 1.32 bits per heavy atom. The van der Waals surface area contributed by atoms with Gasteiger partial charge in [-0.2, -0.15) is 0 Å². The number of hydrogen-bond donors (Lipinski definition) is 3. The molecule has 9 nitrogen and oxygen atoms in total. The van der Waals surface area contributed by atoms with Gasteiger partial charge in [-0.1, -0.05) is 18.2 Å². The van der Waals surface area contributed by atoms with Crippen molar-refractivity contribution in [3.8, 4) is 0 Å². The summed E-state index contributed by atoms with van der Waals surface area (Å²) in [6, 6.07) is 8.60. The Hall–Kier alpha value is -2.62. The van der Waals surface area contributed by atoms with E-state index >= 15 is 0 Å². The zero-order chi connectivity index (χ0) is 21.4. The van der Waals surface area contributed by atoms with Gasteiger partial charge in [0.15, 0.2) is 6.04 Å². The molecule has 2 fully saturated rings. The zero-order valence-corrected chi connectivity index (χ0v) is 18.2. The second-order valence-electron chi connectivity index (χ2n) is 8.89. The third-order valence-corrected chi connectivity index (χ3v) is 7.06. The van der Waals surface area contributed by atoms with Crippen LogP contribution >= 0.6 is 0 Å². The summed E-state index contributed by atoms with van der Waals surface area (Å²) < 4.78 is 7.06. The molecule has 2 aromatic heterocycles.